The highest BCUT2D eigenvalue weighted by atomic mass is 15.5. The van der Waals surface area contributed by atoms with Gasteiger partial charge >= 0.3 is 0 Å². The number of hydrogen-bond donors (Lipinski definition) is 0. The molecule has 0 spiro atoms. The van der Waals surface area contributed by atoms with Crippen LogP contribution >= 0.6 is 0 Å². The Morgan fingerprint density at radius 3 is 1.24 bits per heavy atom. The molecule has 12 rings (SSSR count). The Kier molecular flexibility index (Phi) is 7.04. The molecule has 280 valence electrons. The maximum absolute atomic E-state index is 5.04. The second-order valence-electron chi connectivity index (χ2n) is 15.2. The van der Waals surface area contributed by atoms with Gasteiger partial charge in [0.05, 0.1) is 17.1 Å². The maximum Gasteiger partial charge on any atom is 0.137 e. The summed E-state index contributed by atoms with van der Waals surface area (Å²) < 4.78 is 0. The molecular formula is C49H34N10. The van der Waals surface area contributed by atoms with Crippen LogP contribution in [0.25, 0.3) is 98.4 Å². The number of benzene rings is 9. The summed E-state index contributed by atoms with van der Waals surface area (Å²) in [5.74, 6) is 0. The van der Waals surface area contributed by atoms with Crippen molar-refractivity contribution in [3.63, 3.8) is 0 Å². The van der Waals surface area contributed by atoms with Crippen molar-refractivity contribution in [3.8, 4) is 22.3 Å². The molecule has 0 aliphatic rings. The fourth-order valence-electron chi connectivity index (χ4n) is 8.80. The van der Waals surface area contributed by atoms with E-state index in [1.54, 1.807) is 14.4 Å². The summed E-state index contributed by atoms with van der Waals surface area (Å²) >= 11 is 0. The lowest BCUT2D eigenvalue weighted by atomic mass is 9.96. The Morgan fingerprint density at radius 2 is 0.729 bits per heavy atom. The molecule has 0 bridgehead atoms. The van der Waals surface area contributed by atoms with Gasteiger partial charge in [-0.05, 0) is 127 Å². The molecule has 0 radical (unpaired) electrons. The Labute approximate surface area is 337 Å². The van der Waals surface area contributed by atoms with E-state index < -0.39 is 0 Å². The number of hydrogen-bond acceptors (Lipinski definition) is 7. The molecule has 0 aliphatic carbocycles. The minimum Gasteiger partial charge on any atom is -0.304 e. The lowest BCUT2D eigenvalue weighted by Gasteiger charge is -2.26. The zero-order chi connectivity index (χ0) is 39.4. The summed E-state index contributed by atoms with van der Waals surface area (Å²) in [4.78, 5) is 7.10. The average molecular weight is 763 g/mol. The number of nitrogens with zero attached hydrogens (tertiary/aromatic N) is 10. The monoisotopic (exact) mass is 762 g/mol. The molecule has 9 aromatic carbocycles. The van der Waals surface area contributed by atoms with Crippen molar-refractivity contribution in [2.45, 2.75) is 0 Å². The zero-order valence-corrected chi connectivity index (χ0v) is 32.4. The van der Waals surface area contributed by atoms with Gasteiger partial charge in [0.25, 0.3) is 0 Å². The predicted molar refractivity (Wildman–Crippen MR) is 238 cm³/mol. The van der Waals surface area contributed by atoms with Gasteiger partial charge in [-0.3, -0.25) is 0 Å². The molecule has 3 aromatic heterocycles. The van der Waals surface area contributed by atoms with Crippen LogP contribution in [-0.4, -0.2) is 45.0 Å². The summed E-state index contributed by atoms with van der Waals surface area (Å²) in [5, 5.41) is 39.2. The van der Waals surface area contributed by atoms with Crippen LogP contribution in [0.2, 0.25) is 0 Å². The molecule has 0 saturated heterocycles. The Morgan fingerprint density at radius 1 is 0.322 bits per heavy atom. The van der Waals surface area contributed by atoms with Crippen molar-refractivity contribution in [1.29, 1.82) is 0 Å². The largest absolute Gasteiger partial charge is 0.304 e. The van der Waals surface area contributed by atoms with E-state index in [9.17, 15) is 0 Å². The van der Waals surface area contributed by atoms with Crippen LogP contribution in [0.4, 0.5) is 17.1 Å². The van der Waals surface area contributed by atoms with Crippen molar-refractivity contribution in [3.05, 3.63) is 152 Å². The summed E-state index contributed by atoms with van der Waals surface area (Å²) in [6.45, 7) is 0. The van der Waals surface area contributed by atoms with Crippen LogP contribution in [0.1, 0.15) is 0 Å². The number of fused-ring (bicyclic) bond motifs is 7. The molecular weight excluding hydrogens is 729 g/mol. The van der Waals surface area contributed by atoms with E-state index in [4.69, 9.17) is 25.5 Å². The molecule has 0 aliphatic heterocycles. The number of aryl methyl sites for hydroxylation is 3. The molecule has 0 saturated carbocycles. The minimum atomic E-state index is 0.743. The van der Waals surface area contributed by atoms with Crippen molar-refractivity contribution in [2.75, 3.05) is 4.90 Å². The average Bonchev–Trinajstić information content (AvgIpc) is 3.97. The van der Waals surface area contributed by atoms with Gasteiger partial charge in [0.2, 0.25) is 0 Å². The second kappa shape index (κ2) is 12.5. The van der Waals surface area contributed by atoms with Crippen LogP contribution in [0.5, 0.6) is 0 Å². The molecule has 12 aromatic rings. The van der Waals surface area contributed by atoms with Crippen molar-refractivity contribution >= 4 is 93.3 Å². The topological polar surface area (TPSA) is 95.4 Å². The van der Waals surface area contributed by atoms with Crippen LogP contribution in [0.3, 0.4) is 0 Å². The fraction of sp³-hybridized carbons (Fsp3) is 0.0612. The third kappa shape index (κ3) is 5.26. The Balaban J connectivity index is 1.07. The molecule has 0 unspecified atom stereocenters. The summed E-state index contributed by atoms with van der Waals surface area (Å²) in [6, 6.07) is 53.9. The molecule has 10 heteroatoms. The Hall–Kier alpha value is -7.98. The van der Waals surface area contributed by atoms with Crippen molar-refractivity contribution in [1.82, 2.24) is 45.0 Å². The first kappa shape index (κ1) is 33.2. The van der Waals surface area contributed by atoms with E-state index >= 15 is 0 Å². The van der Waals surface area contributed by atoms with E-state index in [2.05, 4.69) is 150 Å². The third-order valence-corrected chi connectivity index (χ3v) is 11.5. The van der Waals surface area contributed by atoms with Crippen LogP contribution in [0, 0.1) is 0 Å². The highest BCUT2D eigenvalue weighted by molar-refractivity contribution is 6.10. The first-order valence-electron chi connectivity index (χ1n) is 19.6. The van der Waals surface area contributed by atoms with Crippen molar-refractivity contribution < 1.29 is 0 Å². The maximum atomic E-state index is 5.04. The quantitative estimate of drug-likeness (QED) is 0.161. The van der Waals surface area contributed by atoms with Gasteiger partial charge in [-0.15, -0.1) is 0 Å². The molecule has 3 heterocycles. The lowest BCUT2D eigenvalue weighted by molar-refractivity contribution is 0.665. The lowest BCUT2D eigenvalue weighted by Crippen LogP contribution is -2.12. The van der Waals surface area contributed by atoms with Crippen LogP contribution < -0.4 is 4.90 Å². The molecule has 59 heavy (non-hydrogen) atoms. The molecule has 0 fully saturated rings. The van der Waals surface area contributed by atoms with Crippen LogP contribution in [0.15, 0.2) is 152 Å². The first-order chi connectivity index (χ1) is 28.9. The standard InChI is InChI=1S/C49H34N10/c1-56-50-41-13-8-14-42(47(41)53-56)59(43-21-19-39(45-48(43)54-57(2)51-45)35-17-15-33-23-29-9-4-6-11-31(29)25-37(33)27-35)44-22-20-40(46-49(44)55-58(3)52-46)36-18-16-34-24-30-10-5-7-12-32(30)26-38(34)28-36/h4-28H,1-3H3. The zero-order valence-electron chi connectivity index (χ0n) is 32.4. The molecule has 0 amide bonds. The van der Waals surface area contributed by atoms with Crippen molar-refractivity contribution in [2.24, 2.45) is 21.1 Å². The normalized spacial score (nSPS) is 12.0. The molecule has 10 nitrogen and oxygen atoms in total. The molecule has 0 N–H and O–H groups in total. The summed E-state index contributed by atoms with van der Waals surface area (Å²) in [6.07, 6.45) is 0. The van der Waals surface area contributed by atoms with Gasteiger partial charge in [0.1, 0.15) is 33.1 Å². The number of anilines is 3. The third-order valence-electron chi connectivity index (χ3n) is 11.5. The van der Waals surface area contributed by atoms with Gasteiger partial charge < -0.3 is 4.90 Å². The van der Waals surface area contributed by atoms with Gasteiger partial charge in [0, 0.05) is 32.3 Å². The predicted octanol–water partition coefficient (Wildman–Crippen LogP) is 10.9. The van der Waals surface area contributed by atoms with E-state index in [-0.39, 0.29) is 0 Å². The van der Waals surface area contributed by atoms with Gasteiger partial charge in [0.15, 0.2) is 0 Å². The summed E-state index contributed by atoms with van der Waals surface area (Å²) in [5.41, 5.74) is 11.2. The first-order valence-corrected chi connectivity index (χ1v) is 19.6. The number of rotatable bonds is 5. The highest BCUT2D eigenvalue weighted by Crippen LogP contribution is 2.46. The SMILES string of the molecule is Cn1nc2cccc(N(c3ccc(-c4ccc5cc6ccccc6cc5c4)c4nn(C)nc34)c3ccc(-c4ccc5cc6ccccc6cc5c4)c4nn(C)nc34)c2n1. The minimum absolute atomic E-state index is 0.743. The van der Waals surface area contributed by atoms with Gasteiger partial charge in [-0.1, -0.05) is 78.9 Å². The van der Waals surface area contributed by atoms with E-state index in [0.717, 1.165) is 72.4 Å². The molecule has 0 atom stereocenters. The smallest absolute Gasteiger partial charge is 0.137 e. The summed E-state index contributed by atoms with van der Waals surface area (Å²) in [7, 11) is 5.59. The van der Waals surface area contributed by atoms with Crippen LogP contribution in [-0.2, 0) is 21.1 Å². The van der Waals surface area contributed by atoms with Gasteiger partial charge in [-0.25, -0.2) is 0 Å². The second-order valence-corrected chi connectivity index (χ2v) is 15.2. The van der Waals surface area contributed by atoms with Gasteiger partial charge in [-0.2, -0.15) is 45.0 Å². The number of aromatic nitrogens is 9. The fourth-order valence-corrected chi connectivity index (χ4v) is 8.80. The highest BCUT2D eigenvalue weighted by Gasteiger charge is 2.27. The van der Waals surface area contributed by atoms with E-state index in [0.29, 0.717) is 0 Å². The van der Waals surface area contributed by atoms with E-state index in [1.165, 1.54) is 43.1 Å². The van der Waals surface area contributed by atoms with E-state index in [1.807, 2.05) is 33.3 Å². The Bertz CT molecular complexity index is 3480.